The molecule has 0 heterocycles. The van der Waals surface area contributed by atoms with Gasteiger partial charge in [-0.2, -0.15) is 0 Å². The normalized spacial score (nSPS) is 19.2. The molecule has 2 aliphatic rings. The van der Waals surface area contributed by atoms with Crippen LogP contribution >= 0.6 is 17.0 Å². The molecule has 0 amide bonds. The van der Waals surface area contributed by atoms with Crippen LogP contribution in [0.15, 0.2) is 72.8 Å². The van der Waals surface area contributed by atoms with Crippen molar-refractivity contribution < 1.29 is 20.1 Å². The van der Waals surface area contributed by atoms with E-state index in [4.69, 9.17) is 17.0 Å². The molecule has 0 spiro atoms. The third-order valence-electron chi connectivity index (χ3n) is 7.28. The van der Waals surface area contributed by atoms with Gasteiger partial charge in [0.25, 0.3) is 0 Å². The Balaban J connectivity index is 1.87. The van der Waals surface area contributed by atoms with E-state index in [0.717, 1.165) is 0 Å². The van der Waals surface area contributed by atoms with Gasteiger partial charge in [0.1, 0.15) is 0 Å². The van der Waals surface area contributed by atoms with E-state index in [-0.39, 0.29) is 13.9 Å². The molecule has 3 aromatic carbocycles. The van der Waals surface area contributed by atoms with Gasteiger partial charge in [0.15, 0.2) is 0 Å². The maximum atomic E-state index is 9.82. The van der Waals surface area contributed by atoms with Gasteiger partial charge in [-0.05, 0) is 0 Å². The van der Waals surface area contributed by atoms with Crippen molar-refractivity contribution >= 4 is 28.5 Å². The first-order valence-corrected chi connectivity index (χ1v) is 26.2. The number of hydrogen-bond acceptors (Lipinski definition) is 1. The number of aliphatic hydroxyl groups excluding tert-OH is 1. The molecular weight excluding hydrogens is 519 g/mol. The van der Waals surface area contributed by atoms with Crippen LogP contribution < -0.4 is 0 Å². The molecule has 5 rings (SSSR count). The SMILES string of the molecule is C[Si](C)=[Zr]([Cl])([Cl])([CH]1C=Cc2ccccc21)[CH]1c2ccccc2-c2cccc(CCO)c21. The summed E-state index contributed by atoms with van der Waals surface area (Å²) in [6, 6.07) is 23.7. The van der Waals surface area contributed by atoms with Crippen molar-refractivity contribution in [1.29, 1.82) is 0 Å². The topological polar surface area (TPSA) is 20.2 Å². The van der Waals surface area contributed by atoms with Crippen LogP contribution in [0.4, 0.5) is 0 Å². The Kier molecular flexibility index (Phi) is 5.51. The molecule has 1 N–H and O–H groups in total. The van der Waals surface area contributed by atoms with E-state index in [9.17, 15) is 5.11 Å². The van der Waals surface area contributed by atoms with E-state index in [1.54, 1.807) is 0 Å². The molecule has 5 heteroatoms. The summed E-state index contributed by atoms with van der Waals surface area (Å²) in [5.74, 6) is 0. The van der Waals surface area contributed by atoms with Crippen LogP contribution in [0.1, 0.15) is 35.1 Å². The van der Waals surface area contributed by atoms with Crippen molar-refractivity contribution in [3.8, 4) is 11.1 Å². The number of aliphatic hydroxyl groups is 1. The quantitative estimate of drug-likeness (QED) is 0.342. The molecule has 3 aromatic rings. The zero-order valence-electron chi connectivity index (χ0n) is 17.8. The van der Waals surface area contributed by atoms with Crippen molar-refractivity contribution in [2.45, 2.75) is 26.8 Å². The second-order valence-corrected chi connectivity index (χ2v) is 47.9. The summed E-state index contributed by atoms with van der Waals surface area (Å²) in [5, 5.41) is 9.82. The summed E-state index contributed by atoms with van der Waals surface area (Å²) in [7, 11) is 16.2. The van der Waals surface area contributed by atoms with Crippen LogP contribution in [0.5, 0.6) is 0 Å². The van der Waals surface area contributed by atoms with Crippen LogP contribution in [0, 0.1) is 0 Å². The van der Waals surface area contributed by atoms with E-state index in [1.165, 1.54) is 38.9 Å². The van der Waals surface area contributed by atoms with E-state index < -0.39 is 20.4 Å². The minimum atomic E-state index is -4.60. The van der Waals surface area contributed by atoms with Gasteiger partial charge in [0, 0.05) is 0 Å². The van der Waals surface area contributed by atoms with Crippen LogP contribution in [-0.2, 0) is 21.4 Å². The third-order valence-corrected chi connectivity index (χ3v) is 53.7. The van der Waals surface area contributed by atoms with Crippen molar-refractivity contribution in [2.75, 3.05) is 6.61 Å². The first-order chi connectivity index (χ1) is 14.9. The Hall–Kier alpha value is -0.960. The van der Waals surface area contributed by atoms with Gasteiger partial charge < -0.3 is 0 Å². The van der Waals surface area contributed by atoms with Crippen molar-refractivity contribution in [3.05, 3.63) is 101 Å². The molecule has 31 heavy (non-hydrogen) atoms. The Bertz CT molecular complexity index is 1300. The van der Waals surface area contributed by atoms with E-state index in [0.29, 0.717) is 6.42 Å². The number of allylic oxidation sites excluding steroid dienone is 1. The monoisotopic (exact) mass is 542 g/mol. The number of benzene rings is 3. The maximum absolute atomic E-state index is 9.82. The van der Waals surface area contributed by atoms with Gasteiger partial charge >= 0.3 is 194 Å². The molecule has 0 radical (unpaired) electrons. The number of rotatable bonds is 4. The zero-order chi connectivity index (χ0) is 21.8. The summed E-state index contributed by atoms with van der Waals surface area (Å²) in [4.78, 5) is 0. The van der Waals surface area contributed by atoms with Gasteiger partial charge in [-0.1, -0.05) is 0 Å². The molecular formula is C26H26Cl2OSiZr. The molecule has 0 bridgehead atoms. The predicted octanol–water partition coefficient (Wildman–Crippen LogP) is 7.31. The Labute approximate surface area is 192 Å². The molecule has 2 aliphatic carbocycles. The fraction of sp³-hybridized carbons (Fsp3) is 0.231. The predicted molar refractivity (Wildman–Crippen MR) is 132 cm³/mol. The standard InChI is InChI=1S/C15H13O.C9H7.C2H6Si.2ClH.Zr/c16-9-8-11-5-3-7-14-13-6-2-1-4-12(13)10-15(11)14;1-2-5-9-7-3-6-8(9)4-1;1-3-2;;;/h1-7,10,16H,8-9H2;1-7H;1-2H3;2*1H;/q;;;;;+2/p-2. The van der Waals surface area contributed by atoms with Gasteiger partial charge in [-0.3, -0.25) is 0 Å². The Morgan fingerprint density at radius 1 is 0.871 bits per heavy atom. The number of fused-ring (bicyclic) bond motifs is 4. The van der Waals surface area contributed by atoms with E-state index >= 15 is 0 Å². The van der Waals surface area contributed by atoms with Crippen LogP contribution in [0.2, 0.25) is 13.1 Å². The molecule has 0 aliphatic heterocycles. The molecule has 0 saturated carbocycles. The summed E-state index contributed by atoms with van der Waals surface area (Å²) >= 11 is -4.60. The van der Waals surface area contributed by atoms with Gasteiger partial charge in [-0.15, -0.1) is 0 Å². The van der Waals surface area contributed by atoms with Crippen LogP contribution in [0.3, 0.4) is 0 Å². The second-order valence-electron chi connectivity index (χ2n) is 8.99. The summed E-state index contributed by atoms with van der Waals surface area (Å²) in [6.45, 7) is 4.76. The molecule has 2 unspecified atom stereocenters. The fourth-order valence-electron chi connectivity index (χ4n) is 5.72. The molecule has 0 fully saturated rings. The molecule has 158 valence electrons. The molecule has 2 atom stereocenters. The zero-order valence-corrected chi connectivity index (χ0v) is 22.7. The van der Waals surface area contributed by atoms with Crippen LogP contribution in [0.25, 0.3) is 17.2 Å². The average molecular weight is 545 g/mol. The van der Waals surface area contributed by atoms with E-state index in [2.05, 4.69) is 92.0 Å². The third kappa shape index (κ3) is 3.08. The summed E-state index contributed by atoms with van der Waals surface area (Å²) in [5.41, 5.74) is 7.70. The van der Waals surface area contributed by atoms with Gasteiger partial charge in [-0.25, -0.2) is 0 Å². The van der Waals surface area contributed by atoms with Crippen LogP contribution in [-0.4, -0.2) is 17.1 Å². The fourth-order valence-corrected chi connectivity index (χ4v) is 32.1. The molecule has 0 aromatic heterocycles. The number of halogens is 2. The molecule has 0 saturated heterocycles. The molecule has 1 nitrogen and oxygen atoms in total. The average Bonchev–Trinajstić information content (AvgIpc) is 3.35. The first kappa shape index (κ1) is 21.9. The summed E-state index contributed by atoms with van der Waals surface area (Å²) in [6.07, 6.45) is 5.13. The van der Waals surface area contributed by atoms with Crippen molar-refractivity contribution in [3.63, 3.8) is 0 Å². The van der Waals surface area contributed by atoms with Gasteiger partial charge in [0.05, 0.1) is 0 Å². The summed E-state index contributed by atoms with van der Waals surface area (Å²) < 4.78 is 0.125. The number of hydrogen-bond donors (Lipinski definition) is 1. The van der Waals surface area contributed by atoms with Crippen molar-refractivity contribution in [1.82, 2.24) is 0 Å². The van der Waals surface area contributed by atoms with E-state index in [1.807, 2.05) is 0 Å². The first-order valence-electron chi connectivity index (χ1n) is 10.8. The second kappa shape index (κ2) is 7.82. The minimum absolute atomic E-state index is 0.0309. The van der Waals surface area contributed by atoms with Gasteiger partial charge in [0.2, 0.25) is 0 Å². The Morgan fingerprint density at radius 3 is 2.29 bits per heavy atom. The Morgan fingerprint density at radius 2 is 1.55 bits per heavy atom. The van der Waals surface area contributed by atoms with Crippen molar-refractivity contribution in [2.24, 2.45) is 0 Å².